The van der Waals surface area contributed by atoms with Gasteiger partial charge in [-0.1, -0.05) is 6.07 Å². The predicted octanol–water partition coefficient (Wildman–Crippen LogP) is 2.20. The number of hydrogen-bond acceptors (Lipinski definition) is 5. The van der Waals surface area contributed by atoms with Crippen molar-refractivity contribution in [1.29, 1.82) is 0 Å². The Morgan fingerprint density at radius 3 is 2.83 bits per heavy atom. The number of thiophene rings is 1. The fourth-order valence-electron chi connectivity index (χ4n) is 2.15. The summed E-state index contributed by atoms with van der Waals surface area (Å²) in [6.07, 6.45) is 0.779. The lowest BCUT2D eigenvalue weighted by Gasteiger charge is -2.07. The van der Waals surface area contributed by atoms with E-state index in [1.807, 2.05) is 17.5 Å². The number of fused-ring (bicyclic) bond motifs is 1. The largest absolute Gasteiger partial charge is 0.454 e. The second-order valence-corrected chi connectivity index (χ2v) is 5.96. The lowest BCUT2D eigenvalue weighted by Crippen LogP contribution is -2.39. The zero-order chi connectivity index (χ0) is 16.1. The third-order valence-electron chi connectivity index (χ3n) is 3.34. The molecule has 6 nitrogen and oxygen atoms in total. The Morgan fingerprint density at radius 1 is 1.13 bits per heavy atom. The Balaban J connectivity index is 1.42. The van der Waals surface area contributed by atoms with E-state index < -0.39 is 0 Å². The van der Waals surface area contributed by atoms with Gasteiger partial charge >= 0.3 is 6.03 Å². The average Bonchev–Trinajstić information content (AvgIpc) is 3.23. The standard InChI is InChI=1S/C16H16N2O4S/c19-13(11-3-4-14-15(8-11)22-10-21-14)9-18-16(20)17-6-5-12-2-1-7-23-12/h1-4,7-8H,5-6,9-10H2,(H2,17,18,20). The lowest BCUT2D eigenvalue weighted by atomic mass is 10.1. The normalized spacial score (nSPS) is 12.0. The van der Waals surface area contributed by atoms with Gasteiger partial charge in [-0.25, -0.2) is 4.79 Å². The number of hydrogen-bond donors (Lipinski definition) is 2. The number of Topliss-reactive ketones (excluding diaryl/α,β-unsaturated/α-hetero) is 1. The summed E-state index contributed by atoms with van der Waals surface area (Å²) in [4.78, 5) is 25.0. The van der Waals surface area contributed by atoms with Crippen molar-refractivity contribution in [2.75, 3.05) is 19.9 Å². The van der Waals surface area contributed by atoms with E-state index in [0.717, 1.165) is 6.42 Å². The molecule has 0 saturated carbocycles. The smallest absolute Gasteiger partial charge is 0.315 e. The first-order chi connectivity index (χ1) is 11.2. The van der Waals surface area contributed by atoms with Crippen molar-refractivity contribution < 1.29 is 19.1 Å². The number of amides is 2. The van der Waals surface area contributed by atoms with Gasteiger partial charge in [-0.05, 0) is 36.1 Å². The topological polar surface area (TPSA) is 76.7 Å². The number of ketones is 1. The Hall–Kier alpha value is -2.54. The van der Waals surface area contributed by atoms with Gasteiger partial charge in [0.05, 0.1) is 6.54 Å². The molecule has 2 amide bonds. The SMILES string of the molecule is O=C(NCCc1cccs1)NCC(=O)c1ccc2c(c1)OCO2. The third kappa shape index (κ3) is 4.01. The molecule has 0 spiro atoms. The number of urea groups is 1. The van der Waals surface area contributed by atoms with E-state index in [2.05, 4.69) is 10.6 Å². The highest BCUT2D eigenvalue weighted by Gasteiger charge is 2.16. The van der Waals surface area contributed by atoms with Crippen LogP contribution in [0.2, 0.25) is 0 Å². The number of nitrogens with one attached hydrogen (secondary N) is 2. The molecule has 1 aliphatic rings. The molecule has 0 atom stereocenters. The average molecular weight is 332 g/mol. The molecule has 2 N–H and O–H groups in total. The van der Waals surface area contributed by atoms with E-state index in [1.165, 1.54) is 4.88 Å². The molecule has 3 rings (SSSR count). The lowest BCUT2D eigenvalue weighted by molar-refractivity contribution is 0.0992. The van der Waals surface area contributed by atoms with Gasteiger partial charge in [-0.15, -0.1) is 11.3 Å². The maximum atomic E-state index is 12.1. The molecule has 2 aromatic rings. The van der Waals surface area contributed by atoms with E-state index in [0.29, 0.717) is 23.6 Å². The summed E-state index contributed by atoms with van der Waals surface area (Å²) in [6.45, 7) is 0.632. The van der Waals surface area contributed by atoms with Crippen LogP contribution in [0, 0.1) is 0 Å². The van der Waals surface area contributed by atoms with Crippen LogP contribution in [-0.4, -0.2) is 31.7 Å². The summed E-state index contributed by atoms with van der Waals surface area (Å²) in [7, 11) is 0. The van der Waals surface area contributed by atoms with Crippen molar-refractivity contribution in [2.24, 2.45) is 0 Å². The Bertz CT molecular complexity index is 700. The van der Waals surface area contributed by atoms with Gasteiger partial charge in [0, 0.05) is 17.0 Å². The fraction of sp³-hybridized carbons (Fsp3) is 0.250. The minimum atomic E-state index is -0.351. The molecule has 0 aliphatic carbocycles. The summed E-state index contributed by atoms with van der Waals surface area (Å²) in [5.74, 6) is 0.994. The van der Waals surface area contributed by atoms with Gasteiger partial charge < -0.3 is 20.1 Å². The second kappa shape index (κ2) is 7.15. The van der Waals surface area contributed by atoms with Crippen molar-refractivity contribution in [3.63, 3.8) is 0 Å². The maximum absolute atomic E-state index is 12.1. The quantitative estimate of drug-likeness (QED) is 0.795. The first-order valence-electron chi connectivity index (χ1n) is 7.19. The van der Waals surface area contributed by atoms with Crippen LogP contribution in [0.3, 0.4) is 0 Å². The van der Waals surface area contributed by atoms with Gasteiger partial charge in [-0.2, -0.15) is 0 Å². The van der Waals surface area contributed by atoms with Crippen molar-refractivity contribution in [3.05, 3.63) is 46.2 Å². The van der Waals surface area contributed by atoms with E-state index >= 15 is 0 Å². The Kier molecular flexibility index (Phi) is 4.77. The number of rotatable bonds is 6. The number of carbonyl (C=O) groups excluding carboxylic acids is 2. The minimum Gasteiger partial charge on any atom is -0.454 e. The molecule has 1 aliphatic heterocycles. The van der Waals surface area contributed by atoms with E-state index in [9.17, 15) is 9.59 Å². The molecule has 0 unspecified atom stereocenters. The molecule has 0 bridgehead atoms. The minimum absolute atomic E-state index is 0.0650. The monoisotopic (exact) mass is 332 g/mol. The van der Waals surface area contributed by atoms with Gasteiger partial charge in [0.2, 0.25) is 6.79 Å². The van der Waals surface area contributed by atoms with Crippen molar-refractivity contribution in [1.82, 2.24) is 10.6 Å². The van der Waals surface area contributed by atoms with E-state index in [-0.39, 0.29) is 25.2 Å². The maximum Gasteiger partial charge on any atom is 0.315 e. The molecule has 23 heavy (non-hydrogen) atoms. The Morgan fingerprint density at radius 2 is 2.00 bits per heavy atom. The van der Waals surface area contributed by atoms with Crippen molar-refractivity contribution >= 4 is 23.2 Å². The van der Waals surface area contributed by atoms with E-state index in [4.69, 9.17) is 9.47 Å². The molecule has 0 fully saturated rings. The van der Waals surface area contributed by atoms with Crippen molar-refractivity contribution in [3.8, 4) is 11.5 Å². The molecular weight excluding hydrogens is 316 g/mol. The van der Waals surface area contributed by atoms with Crippen LogP contribution in [0.4, 0.5) is 4.79 Å². The third-order valence-corrected chi connectivity index (χ3v) is 4.28. The molecular formula is C16H16N2O4S. The van der Waals surface area contributed by atoms with Gasteiger partial charge in [-0.3, -0.25) is 4.79 Å². The van der Waals surface area contributed by atoms with Crippen LogP contribution in [0.15, 0.2) is 35.7 Å². The first kappa shape index (κ1) is 15.4. The summed E-state index contributed by atoms with van der Waals surface area (Å²) in [6, 6.07) is 8.62. The number of carbonyl (C=O) groups is 2. The highest BCUT2D eigenvalue weighted by Crippen LogP contribution is 2.32. The van der Waals surface area contributed by atoms with E-state index in [1.54, 1.807) is 29.5 Å². The predicted molar refractivity (Wildman–Crippen MR) is 86.3 cm³/mol. The molecule has 1 aromatic heterocycles. The second-order valence-electron chi connectivity index (χ2n) is 4.93. The summed E-state index contributed by atoms with van der Waals surface area (Å²) in [5.41, 5.74) is 0.480. The number of benzene rings is 1. The molecule has 120 valence electrons. The zero-order valence-corrected chi connectivity index (χ0v) is 13.2. The summed E-state index contributed by atoms with van der Waals surface area (Å²) in [5, 5.41) is 7.29. The highest BCUT2D eigenvalue weighted by molar-refractivity contribution is 7.09. The molecule has 2 heterocycles. The van der Waals surface area contributed by atoms with Crippen LogP contribution < -0.4 is 20.1 Å². The molecule has 0 radical (unpaired) electrons. The highest BCUT2D eigenvalue weighted by atomic mass is 32.1. The van der Waals surface area contributed by atoms with Crippen LogP contribution in [-0.2, 0) is 6.42 Å². The Labute approximate surface area is 137 Å². The molecule has 7 heteroatoms. The van der Waals surface area contributed by atoms with Crippen LogP contribution >= 0.6 is 11.3 Å². The molecule has 0 saturated heterocycles. The summed E-state index contributed by atoms with van der Waals surface area (Å²) >= 11 is 1.65. The van der Waals surface area contributed by atoms with Crippen LogP contribution in [0.1, 0.15) is 15.2 Å². The van der Waals surface area contributed by atoms with Gasteiger partial charge in [0.15, 0.2) is 17.3 Å². The fourth-order valence-corrected chi connectivity index (χ4v) is 2.86. The van der Waals surface area contributed by atoms with Gasteiger partial charge in [0.1, 0.15) is 0 Å². The summed E-state index contributed by atoms with van der Waals surface area (Å²) < 4.78 is 10.4. The van der Waals surface area contributed by atoms with Crippen LogP contribution in [0.5, 0.6) is 11.5 Å². The molecule has 1 aromatic carbocycles. The van der Waals surface area contributed by atoms with Crippen molar-refractivity contribution in [2.45, 2.75) is 6.42 Å². The zero-order valence-electron chi connectivity index (χ0n) is 12.3. The first-order valence-corrected chi connectivity index (χ1v) is 8.07. The number of ether oxygens (including phenoxy) is 2. The van der Waals surface area contributed by atoms with Gasteiger partial charge in [0.25, 0.3) is 0 Å². The van der Waals surface area contributed by atoms with Crippen LogP contribution in [0.25, 0.3) is 0 Å².